The van der Waals surface area contributed by atoms with Crippen LogP contribution in [-0.4, -0.2) is 78.8 Å². The molecular formula is C19H38O9Si2. The third kappa shape index (κ3) is 14.6. The van der Waals surface area contributed by atoms with Crippen LogP contribution < -0.4 is 0 Å². The van der Waals surface area contributed by atoms with Crippen LogP contribution in [0.3, 0.4) is 0 Å². The molecule has 0 heterocycles. The van der Waals surface area contributed by atoms with Crippen LogP contribution >= 0.6 is 0 Å². The Kier molecular flexibility index (Phi) is 18.9. The van der Waals surface area contributed by atoms with Crippen molar-refractivity contribution in [2.45, 2.75) is 38.8 Å². The summed E-state index contributed by atoms with van der Waals surface area (Å²) in [5.74, 6) is -0.711. The molecule has 0 rings (SSSR count). The van der Waals surface area contributed by atoms with Gasteiger partial charge in [0.2, 0.25) is 0 Å². The fraction of sp³-hybridized carbons (Fsp3) is 0.684. The lowest BCUT2D eigenvalue weighted by atomic mass is 10.4. The summed E-state index contributed by atoms with van der Waals surface area (Å²) in [7, 11) is 3.92. The summed E-state index contributed by atoms with van der Waals surface area (Å²) in [6.07, 6.45) is 1.42. The fourth-order valence-corrected chi connectivity index (χ4v) is 4.86. The fourth-order valence-electron chi connectivity index (χ4n) is 2.00. The largest absolute Gasteiger partial charge is 0.500 e. The van der Waals surface area contributed by atoms with E-state index in [2.05, 4.69) is 13.2 Å². The van der Waals surface area contributed by atoms with Gasteiger partial charge in [-0.05, 0) is 32.7 Å². The van der Waals surface area contributed by atoms with Gasteiger partial charge in [-0.2, -0.15) is 0 Å². The smallest absolute Gasteiger partial charge is 0.462 e. The van der Waals surface area contributed by atoms with Crippen LogP contribution in [0.4, 0.5) is 0 Å². The highest BCUT2D eigenvalue weighted by molar-refractivity contribution is 6.60. The first-order chi connectivity index (χ1) is 14.1. The first-order valence-corrected chi connectivity index (χ1v) is 13.2. The van der Waals surface area contributed by atoms with Gasteiger partial charge in [-0.1, -0.05) is 13.2 Å². The first-order valence-electron chi connectivity index (χ1n) is 9.49. The molecule has 0 atom stereocenters. The second kappa shape index (κ2) is 18.4. The molecule has 0 radical (unpaired) electrons. The lowest BCUT2D eigenvalue weighted by Crippen LogP contribution is -2.42. The quantitative estimate of drug-likeness (QED) is 0.156. The highest BCUT2D eigenvalue weighted by Crippen LogP contribution is 2.15. The van der Waals surface area contributed by atoms with Crippen molar-refractivity contribution in [2.75, 3.05) is 48.8 Å². The van der Waals surface area contributed by atoms with Crippen molar-refractivity contribution in [3.05, 3.63) is 24.3 Å². The van der Waals surface area contributed by atoms with Gasteiger partial charge < -0.3 is 31.6 Å². The summed E-state index contributed by atoms with van der Waals surface area (Å²) in [6, 6.07) is 1.45. The van der Waals surface area contributed by atoms with Crippen LogP contribution in [0.25, 0.3) is 0 Å². The van der Waals surface area contributed by atoms with E-state index in [9.17, 15) is 9.59 Å². The Labute approximate surface area is 183 Å². The van der Waals surface area contributed by atoms with Crippen LogP contribution in [0.15, 0.2) is 24.3 Å². The third-order valence-corrected chi connectivity index (χ3v) is 8.60. The van der Waals surface area contributed by atoms with Crippen molar-refractivity contribution in [2.24, 2.45) is 0 Å². The molecule has 0 aromatic heterocycles. The third-order valence-electron chi connectivity index (χ3n) is 3.83. The highest BCUT2D eigenvalue weighted by atomic mass is 28.4. The van der Waals surface area contributed by atoms with E-state index in [4.69, 9.17) is 31.6 Å². The Bertz CT molecular complexity index is 510. The predicted octanol–water partition coefficient (Wildman–Crippen LogP) is 2.38. The minimum atomic E-state index is -2.53. The standard InChI is InChI=1S/C10H20O5Si.C9H18O4Si/c1-9(2)10(11)15-7-6-8-16(12-3,13-4)14-5;1-8(2)9(10)13-6-5-7-14(11-3)12-4/h1,6-8H2,2-5H3;14H,1,5-7H2,2-4H3. The number of hydrogen-bond acceptors (Lipinski definition) is 9. The maximum absolute atomic E-state index is 11.1. The van der Waals surface area contributed by atoms with Crippen LogP contribution in [-0.2, 0) is 41.2 Å². The van der Waals surface area contributed by atoms with Gasteiger partial charge in [0, 0.05) is 52.7 Å². The zero-order valence-electron chi connectivity index (χ0n) is 19.4. The topological polar surface area (TPSA) is 98.8 Å². The maximum atomic E-state index is 11.1. The van der Waals surface area contributed by atoms with Gasteiger partial charge in [-0.25, -0.2) is 9.59 Å². The van der Waals surface area contributed by atoms with Gasteiger partial charge in [0.05, 0.1) is 13.2 Å². The summed E-state index contributed by atoms with van der Waals surface area (Å²) in [5.41, 5.74) is 0.825. The Morgan fingerprint density at radius 3 is 1.50 bits per heavy atom. The molecule has 0 saturated carbocycles. The predicted molar refractivity (Wildman–Crippen MR) is 118 cm³/mol. The van der Waals surface area contributed by atoms with Gasteiger partial charge in [-0.3, -0.25) is 0 Å². The minimum absolute atomic E-state index is 0.316. The van der Waals surface area contributed by atoms with Crippen molar-refractivity contribution < 1.29 is 41.2 Å². The number of hydrogen-bond donors (Lipinski definition) is 0. The second-order valence-corrected chi connectivity index (χ2v) is 11.7. The van der Waals surface area contributed by atoms with Gasteiger partial charge in [0.15, 0.2) is 0 Å². The van der Waals surface area contributed by atoms with E-state index < -0.39 is 18.1 Å². The van der Waals surface area contributed by atoms with Gasteiger partial charge in [-0.15, -0.1) is 0 Å². The molecule has 11 heteroatoms. The zero-order valence-corrected chi connectivity index (χ0v) is 21.6. The zero-order chi connectivity index (χ0) is 23.6. The molecule has 0 saturated heterocycles. The van der Waals surface area contributed by atoms with E-state index in [1.165, 1.54) is 0 Å². The van der Waals surface area contributed by atoms with E-state index in [0.717, 1.165) is 12.5 Å². The lowest BCUT2D eigenvalue weighted by molar-refractivity contribution is -0.139. The van der Waals surface area contributed by atoms with E-state index >= 15 is 0 Å². The molecule has 0 unspecified atom stereocenters. The molecule has 9 nitrogen and oxygen atoms in total. The molecule has 0 spiro atoms. The molecule has 176 valence electrons. The molecule has 0 N–H and O–H groups in total. The summed E-state index contributed by atoms with van der Waals surface area (Å²) in [6.45, 7) is 10.9. The van der Waals surface area contributed by atoms with Crippen molar-refractivity contribution in [3.63, 3.8) is 0 Å². The lowest BCUT2D eigenvalue weighted by Gasteiger charge is -2.24. The van der Waals surface area contributed by atoms with Gasteiger partial charge in [0.25, 0.3) is 0 Å². The average molecular weight is 467 g/mol. The summed E-state index contributed by atoms with van der Waals surface area (Å²) in [5, 5.41) is 0. The Balaban J connectivity index is 0. The first kappa shape index (κ1) is 30.8. The number of carbonyl (C=O) groups is 2. The molecule has 0 bridgehead atoms. The van der Waals surface area contributed by atoms with Crippen LogP contribution in [0, 0.1) is 0 Å². The Morgan fingerprint density at radius 2 is 1.17 bits per heavy atom. The van der Waals surface area contributed by atoms with Crippen LogP contribution in [0.2, 0.25) is 12.1 Å². The van der Waals surface area contributed by atoms with Crippen molar-refractivity contribution in [1.29, 1.82) is 0 Å². The monoisotopic (exact) mass is 466 g/mol. The number of ether oxygens (including phenoxy) is 2. The normalized spacial score (nSPS) is 10.8. The van der Waals surface area contributed by atoms with Crippen LogP contribution in [0.1, 0.15) is 26.7 Å². The average Bonchev–Trinajstić information content (AvgIpc) is 2.74. The van der Waals surface area contributed by atoms with E-state index in [-0.39, 0.29) is 11.9 Å². The molecule has 0 aliphatic heterocycles. The molecule has 0 amide bonds. The summed E-state index contributed by atoms with van der Waals surface area (Å²) in [4.78, 5) is 22.0. The van der Waals surface area contributed by atoms with Gasteiger partial charge >= 0.3 is 30.0 Å². The van der Waals surface area contributed by atoms with E-state index in [1.54, 1.807) is 49.4 Å². The summed E-state index contributed by atoms with van der Waals surface area (Å²) >= 11 is 0. The molecule has 0 fully saturated rings. The van der Waals surface area contributed by atoms with E-state index in [0.29, 0.717) is 36.8 Å². The SMILES string of the molecule is C=C(C)C(=O)OCCC[SiH](OC)OC.C=C(C)C(=O)OCCC[Si](OC)(OC)OC. The van der Waals surface area contributed by atoms with Gasteiger partial charge in [0.1, 0.15) is 0 Å². The van der Waals surface area contributed by atoms with Crippen LogP contribution in [0.5, 0.6) is 0 Å². The van der Waals surface area contributed by atoms with Crippen molar-refractivity contribution in [3.8, 4) is 0 Å². The number of carbonyl (C=O) groups excluding carboxylic acids is 2. The van der Waals surface area contributed by atoms with E-state index in [1.807, 2.05) is 0 Å². The van der Waals surface area contributed by atoms with Crippen molar-refractivity contribution in [1.82, 2.24) is 0 Å². The summed E-state index contributed by atoms with van der Waals surface area (Å²) < 4.78 is 35.8. The molecule has 0 aromatic carbocycles. The Hall–Kier alpha value is -1.35. The molecular weight excluding hydrogens is 428 g/mol. The molecule has 0 aliphatic carbocycles. The number of esters is 2. The Morgan fingerprint density at radius 1 is 0.767 bits per heavy atom. The van der Waals surface area contributed by atoms with Crippen molar-refractivity contribution >= 4 is 30.0 Å². The second-order valence-electron chi connectivity index (χ2n) is 6.27. The maximum Gasteiger partial charge on any atom is 0.500 e. The molecule has 0 aliphatic rings. The minimum Gasteiger partial charge on any atom is -0.462 e. The number of rotatable bonds is 15. The molecule has 30 heavy (non-hydrogen) atoms. The highest BCUT2D eigenvalue weighted by Gasteiger charge is 2.36. The molecule has 0 aromatic rings.